The second-order valence-electron chi connectivity index (χ2n) is 17.7. The molecule has 1 unspecified atom stereocenters. The molecule has 0 radical (unpaired) electrons. The van der Waals surface area contributed by atoms with E-state index < -0.39 is 6.10 Å². The zero-order valence-electron chi connectivity index (χ0n) is 42.9. The molecule has 0 aromatic heterocycles. The minimum atomic E-state index is -0.791. The third-order valence-electron chi connectivity index (χ3n) is 11.3. The second-order valence-corrected chi connectivity index (χ2v) is 17.7. The van der Waals surface area contributed by atoms with Crippen LogP contribution >= 0.6 is 0 Å². The number of hydrogen-bond acceptors (Lipinski definition) is 6. The first-order chi connectivity index (χ1) is 32.5. The summed E-state index contributed by atoms with van der Waals surface area (Å²) in [4.78, 5) is 38.0. The van der Waals surface area contributed by atoms with Crippen molar-refractivity contribution in [2.75, 3.05) is 13.2 Å². The van der Waals surface area contributed by atoms with Gasteiger partial charge in [-0.2, -0.15) is 0 Å². The molecular weight excluding hydrogens is 817 g/mol. The second kappa shape index (κ2) is 53.9. The lowest BCUT2D eigenvalue weighted by molar-refractivity contribution is -0.167. The molecule has 1 atom stereocenters. The van der Waals surface area contributed by atoms with Crippen LogP contribution in [0.15, 0.2) is 97.2 Å². The number of hydrogen-bond donors (Lipinski definition) is 0. The zero-order chi connectivity index (χ0) is 47.9. The summed E-state index contributed by atoms with van der Waals surface area (Å²) < 4.78 is 16.8. The van der Waals surface area contributed by atoms with Gasteiger partial charge in [-0.25, -0.2) is 0 Å². The van der Waals surface area contributed by atoms with Crippen molar-refractivity contribution in [3.05, 3.63) is 97.2 Å². The van der Waals surface area contributed by atoms with Crippen LogP contribution in [0.2, 0.25) is 0 Å². The van der Waals surface area contributed by atoms with Crippen LogP contribution < -0.4 is 0 Å². The van der Waals surface area contributed by atoms with Gasteiger partial charge in [0.05, 0.1) is 0 Å². The van der Waals surface area contributed by atoms with Crippen molar-refractivity contribution in [1.29, 1.82) is 0 Å². The Morgan fingerprint density at radius 1 is 0.318 bits per heavy atom. The molecule has 0 aliphatic heterocycles. The first kappa shape index (κ1) is 62.3. The van der Waals surface area contributed by atoms with E-state index in [1.165, 1.54) is 70.6 Å². The van der Waals surface area contributed by atoms with Gasteiger partial charge in [-0.05, 0) is 109 Å². The molecular formula is C60H100O6. The van der Waals surface area contributed by atoms with E-state index >= 15 is 0 Å². The average molecular weight is 917 g/mol. The number of unbranched alkanes of at least 4 members (excludes halogenated alkanes) is 21. The Hall–Kier alpha value is -3.67. The summed E-state index contributed by atoms with van der Waals surface area (Å²) in [6.07, 6.45) is 71.1. The van der Waals surface area contributed by atoms with Crippen LogP contribution in [0, 0.1) is 0 Å². The SMILES string of the molecule is CC/C=C\C/C=C\C/C=C\C/C=C\CCCCCCCCC(=O)OCC(COC(=O)CCCCCC/C=C\CCCC)OC(=O)CCCCCCCCCCC/C=C\C/C=C\C/C=C\CC. The normalized spacial score (nSPS) is 12.8. The molecule has 0 heterocycles. The Labute approximate surface area is 407 Å². The lowest BCUT2D eigenvalue weighted by atomic mass is 10.1. The van der Waals surface area contributed by atoms with Gasteiger partial charge in [0.2, 0.25) is 0 Å². The molecule has 66 heavy (non-hydrogen) atoms. The number of carbonyl (C=O) groups is 3. The summed E-state index contributed by atoms with van der Waals surface area (Å²) in [5, 5.41) is 0. The van der Waals surface area contributed by atoms with Gasteiger partial charge in [-0.1, -0.05) is 214 Å². The first-order valence-corrected chi connectivity index (χ1v) is 27.2. The molecule has 6 nitrogen and oxygen atoms in total. The molecule has 0 saturated heterocycles. The fourth-order valence-corrected chi connectivity index (χ4v) is 7.25. The maximum absolute atomic E-state index is 12.8. The predicted molar refractivity (Wildman–Crippen MR) is 284 cm³/mol. The van der Waals surface area contributed by atoms with Crippen LogP contribution in [-0.2, 0) is 28.6 Å². The predicted octanol–water partition coefficient (Wildman–Crippen LogP) is 18.1. The molecule has 0 aliphatic carbocycles. The summed E-state index contributed by atoms with van der Waals surface area (Å²) in [5.41, 5.74) is 0. The fourth-order valence-electron chi connectivity index (χ4n) is 7.25. The molecule has 0 aliphatic rings. The molecule has 0 fully saturated rings. The monoisotopic (exact) mass is 917 g/mol. The smallest absolute Gasteiger partial charge is 0.306 e. The molecule has 0 aromatic rings. The number of allylic oxidation sites excluding steroid dienone is 16. The van der Waals surface area contributed by atoms with Crippen molar-refractivity contribution in [2.45, 2.75) is 252 Å². The van der Waals surface area contributed by atoms with Crippen LogP contribution in [-0.4, -0.2) is 37.2 Å². The maximum atomic E-state index is 12.8. The highest BCUT2D eigenvalue weighted by atomic mass is 16.6. The molecule has 0 N–H and O–H groups in total. The summed E-state index contributed by atoms with van der Waals surface area (Å²) >= 11 is 0. The van der Waals surface area contributed by atoms with Gasteiger partial charge in [-0.3, -0.25) is 14.4 Å². The van der Waals surface area contributed by atoms with Crippen LogP contribution in [0.1, 0.15) is 245 Å². The molecule has 0 saturated carbocycles. The van der Waals surface area contributed by atoms with Crippen LogP contribution in [0.3, 0.4) is 0 Å². The molecule has 0 rings (SSSR count). The van der Waals surface area contributed by atoms with E-state index in [0.29, 0.717) is 19.3 Å². The largest absolute Gasteiger partial charge is 0.462 e. The minimum absolute atomic E-state index is 0.0911. The van der Waals surface area contributed by atoms with Gasteiger partial charge in [-0.15, -0.1) is 0 Å². The van der Waals surface area contributed by atoms with Crippen molar-refractivity contribution < 1.29 is 28.6 Å². The Balaban J connectivity index is 4.37. The summed E-state index contributed by atoms with van der Waals surface area (Å²) in [7, 11) is 0. The number of ether oxygens (including phenoxy) is 3. The highest BCUT2D eigenvalue weighted by Gasteiger charge is 2.19. The van der Waals surface area contributed by atoms with Gasteiger partial charge < -0.3 is 14.2 Å². The Morgan fingerprint density at radius 2 is 0.591 bits per heavy atom. The number of rotatable bonds is 48. The minimum Gasteiger partial charge on any atom is -0.462 e. The van der Waals surface area contributed by atoms with Gasteiger partial charge in [0.15, 0.2) is 6.10 Å². The lowest BCUT2D eigenvalue weighted by Gasteiger charge is -2.18. The standard InChI is InChI=1S/C60H100O6/c1-4-7-10-13-16-19-22-24-26-28-30-32-34-36-38-41-44-47-50-53-59(62)65-56-57(55-64-58(61)52-49-46-43-40-21-18-15-12-9-6-3)66-60(63)54-51-48-45-42-39-37-35-33-31-29-27-25-23-20-17-14-11-8-5-2/h7-8,10-11,15-20,24-27,30,32,57H,4-6,9,12-14,21-23,28-29,31,33-56H2,1-3H3/b10-7-,11-8-,18-15-,19-16-,20-17-,26-24-,27-25-,32-30-. The van der Waals surface area contributed by atoms with Crippen LogP contribution in [0.5, 0.6) is 0 Å². The van der Waals surface area contributed by atoms with Crippen LogP contribution in [0.4, 0.5) is 0 Å². The van der Waals surface area contributed by atoms with E-state index in [9.17, 15) is 14.4 Å². The van der Waals surface area contributed by atoms with Crippen molar-refractivity contribution in [3.8, 4) is 0 Å². The lowest BCUT2D eigenvalue weighted by Crippen LogP contribution is -2.30. The van der Waals surface area contributed by atoms with E-state index in [2.05, 4.69) is 118 Å². The molecule has 0 aromatic carbocycles. The first-order valence-electron chi connectivity index (χ1n) is 27.2. The van der Waals surface area contributed by atoms with E-state index in [4.69, 9.17) is 14.2 Å². The summed E-state index contributed by atoms with van der Waals surface area (Å²) in [6.45, 7) is 6.35. The quantitative estimate of drug-likeness (QED) is 0.0262. The Kier molecular flexibility index (Phi) is 50.9. The third-order valence-corrected chi connectivity index (χ3v) is 11.3. The van der Waals surface area contributed by atoms with Crippen LogP contribution in [0.25, 0.3) is 0 Å². The Bertz CT molecular complexity index is 1330. The maximum Gasteiger partial charge on any atom is 0.306 e. The molecule has 0 spiro atoms. The van der Waals surface area contributed by atoms with Gasteiger partial charge in [0.25, 0.3) is 0 Å². The van der Waals surface area contributed by atoms with E-state index in [0.717, 1.165) is 135 Å². The molecule has 0 amide bonds. The topological polar surface area (TPSA) is 78.9 Å². The van der Waals surface area contributed by atoms with Crippen molar-refractivity contribution in [1.82, 2.24) is 0 Å². The van der Waals surface area contributed by atoms with E-state index in [-0.39, 0.29) is 31.1 Å². The average Bonchev–Trinajstić information content (AvgIpc) is 3.31. The van der Waals surface area contributed by atoms with Gasteiger partial charge >= 0.3 is 17.9 Å². The van der Waals surface area contributed by atoms with Crippen molar-refractivity contribution >= 4 is 17.9 Å². The van der Waals surface area contributed by atoms with Gasteiger partial charge in [0, 0.05) is 19.3 Å². The highest BCUT2D eigenvalue weighted by molar-refractivity contribution is 5.71. The molecule has 6 heteroatoms. The van der Waals surface area contributed by atoms with Gasteiger partial charge in [0.1, 0.15) is 13.2 Å². The van der Waals surface area contributed by atoms with Crippen molar-refractivity contribution in [2.24, 2.45) is 0 Å². The number of esters is 3. The number of carbonyl (C=O) groups excluding carboxylic acids is 3. The van der Waals surface area contributed by atoms with Crippen molar-refractivity contribution in [3.63, 3.8) is 0 Å². The third kappa shape index (κ3) is 51.3. The molecule has 0 bridgehead atoms. The zero-order valence-corrected chi connectivity index (χ0v) is 42.9. The fraction of sp³-hybridized carbons (Fsp3) is 0.683. The highest BCUT2D eigenvalue weighted by Crippen LogP contribution is 2.14. The summed E-state index contributed by atoms with van der Waals surface area (Å²) in [6, 6.07) is 0. The van der Waals surface area contributed by atoms with E-state index in [1.807, 2.05) is 0 Å². The molecule has 376 valence electrons. The summed E-state index contributed by atoms with van der Waals surface area (Å²) in [5.74, 6) is -0.924. The Morgan fingerprint density at radius 3 is 0.939 bits per heavy atom. The van der Waals surface area contributed by atoms with E-state index in [1.54, 1.807) is 0 Å².